The fourth-order valence-corrected chi connectivity index (χ4v) is 4.45. The van der Waals surface area contributed by atoms with Crippen molar-refractivity contribution in [2.75, 3.05) is 12.4 Å². The van der Waals surface area contributed by atoms with Crippen molar-refractivity contribution in [1.29, 1.82) is 0 Å². The van der Waals surface area contributed by atoms with Gasteiger partial charge in [0.05, 0.1) is 27.9 Å². The van der Waals surface area contributed by atoms with Crippen molar-refractivity contribution in [1.82, 2.24) is 10.2 Å². The number of hydrogen-bond acceptors (Lipinski definition) is 3. The average Bonchev–Trinajstić information content (AvgIpc) is 3.38. The second-order valence-corrected chi connectivity index (χ2v) is 8.88. The molecule has 1 amide bonds. The van der Waals surface area contributed by atoms with Gasteiger partial charge in [0.1, 0.15) is 18.8 Å². The molecule has 0 saturated carbocycles. The van der Waals surface area contributed by atoms with Crippen LogP contribution in [0.15, 0.2) is 85.2 Å². The molecule has 186 valence electrons. The predicted molar refractivity (Wildman–Crippen MR) is 137 cm³/mol. The summed E-state index contributed by atoms with van der Waals surface area (Å²) in [4.78, 5) is 19.2. The molecular formula is C28H22ClF2N4O2+. The first-order valence-electron chi connectivity index (χ1n) is 11.5. The molecule has 6 nitrogen and oxygen atoms in total. The Morgan fingerprint density at radius 1 is 1.11 bits per heavy atom. The molecule has 0 radical (unpaired) electrons. The Labute approximate surface area is 216 Å². The number of hydrogen-bond donors (Lipinski definition) is 2. The predicted octanol–water partition coefficient (Wildman–Crippen LogP) is 5.47. The number of aromatic nitrogens is 3. The molecule has 37 heavy (non-hydrogen) atoms. The molecule has 0 bridgehead atoms. The van der Waals surface area contributed by atoms with E-state index in [0.29, 0.717) is 17.8 Å². The topological polar surface area (TPSA) is 70.9 Å². The van der Waals surface area contributed by atoms with Gasteiger partial charge < -0.3 is 5.32 Å². The maximum atomic E-state index is 14.7. The monoisotopic (exact) mass is 519 g/mol. The maximum Gasteiger partial charge on any atom is 0.247 e. The lowest BCUT2D eigenvalue weighted by Crippen LogP contribution is -2.47. The molecule has 0 fully saturated rings. The van der Waals surface area contributed by atoms with Crippen molar-refractivity contribution in [3.63, 3.8) is 0 Å². The number of H-pyrrole nitrogens is 1. The lowest BCUT2D eigenvalue weighted by molar-refractivity contribution is -0.890. The van der Waals surface area contributed by atoms with Crippen LogP contribution in [0.3, 0.4) is 0 Å². The molecule has 2 heterocycles. The summed E-state index contributed by atoms with van der Waals surface area (Å²) in [5.74, 6) is -2.59. The van der Waals surface area contributed by atoms with E-state index in [9.17, 15) is 13.6 Å². The Morgan fingerprint density at radius 3 is 2.70 bits per heavy atom. The number of pyridine rings is 1. The Hall–Kier alpha value is -4.30. The first-order valence-corrected chi connectivity index (χ1v) is 11.8. The highest BCUT2D eigenvalue weighted by Gasteiger charge is 2.32. The molecule has 2 N–H and O–H groups in total. The molecule has 3 aromatic carbocycles. The summed E-state index contributed by atoms with van der Waals surface area (Å²) >= 11 is 5.89. The van der Waals surface area contributed by atoms with Gasteiger partial charge in [0.25, 0.3) is 0 Å². The zero-order valence-corrected chi connectivity index (χ0v) is 20.5. The van der Waals surface area contributed by atoms with E-state index in [2.05, 4.69) is 15.5 Å². The van der Waals surface area contributed by atoms with Crippen molar-refractivity contribution in [3.8, 4) is 11.1 Å². The first kappa shape index (κ1) is 24.4. The van der Waals surface area contributed by atoms with Crippen LogP contribution >= 0.6 is 11.6 Å². The van der Waals surface area contributed by atoms with E-state index in [1.54, 1.807) is 24.4 Å². The van der Waals surface area contributed by atoms with Crippen LogP contribution < -0.4 is 14.9 Å². The van der Waals surface area contributed by atoms with Gasteiger partial charge in [-0.2, -0.15) is 5.10 Å². The number of amides is 1. The molecule has 0 spiro atoms. The van der Waals surface area contributed by atoms with Crippen LogP contribution in [-0.2, 0) is 11.2 Å². The summed E-state index contributed by atoms with van der Waals surface area (Å²) in [7, 11) is 1.42. The number of benzene rings is 3. The van der Waals surface area contributed by atoms with Crippen LogP contribution in [0.5, 0.6) is 0 Å². The van der Waals surface area contributed by atoms with E-state index in [1.165, 1.54) is 18.0 Å². The van der Waals surface area contributed by atoms with Gasteiger partial charge in [0, 0.05) is 21.9 Å². The van der Waals surface area contributed by atoms with E-state index in [-0.39, 0.29) is 22.1 Å². The largest absolute Gasteiger partial charge is 0.325 e. The maximum absolute atomic E-state index is 14.7. The van der Waals surface area contributed by atoms with Crippen molar-refractivity contribution in [2.45, 2.75) is 12.3 Å². The van der Waals surface area contributed by atoms with E-state index >= 15 is 0 Å². The Kier molecular flexibility index (Phi) is 6.83. The molecule has 0 aliphatic heterocycles. The molecule has 0 saturated heterocycles. The lowest BCUT2D eigenvalue weighted by Gasteiger charge is -2.16. The average molecular weight is 520 g/mol. The Bertz CT molecular complexity index is 1590. The molecule has 2 aromatic heterocycles. The van der Waals surface area contributed by atoms with Crippen LogP contribution in [-0.4, -0.2) is 23.2 Å². The third kappa shape index (κ3) is 5.01. The van der Waals surface area contributed by atoms with Gasteiger partial charge in [0.15, 0.2) is 5.82 Å². The smallest absolute Gasteiger partial charge is 0.247 e. The number of carbonyl (C=O) groups excluding carboxylic acids is 1. The molecule has 9 heteroatoms. The molecule has 5 rings (SSSR count). The van der Waals surface area contributed by atoms with E-state index in [0.717, 1.165) is 28.6 Å². The fraction of sp³-hybridized carbons (Fsp3) is 0.107. The molecule has 1 unspecified atom stereocenters. The van der Waals surface area contributed by atoms with Gasteiger partial charge >= 0.3 is 0 Å². The van der Waals surface area contributed by atoms with Crippen LogP contribution in [0.25, 0.3) is 22.0 Å². The quantitative estimate of drug-likeness (QED) is 0.221. The third-order valence-corrected chi connectivity index (χ3v) is 6.43. The summed E-state index contributed by atoms with van der Waals surface area (Å²) in [5, 5.41) is 10.5. The normalized spacial score (nSPS) is 11.9. The standard InChI is InChI=1S/C28H21ClF2N4O2/c1-37-35-16-18(26-23(30)10-9-22(29)27(26)31)7-12-25(35)21(13-17-5-3-2-4-6-17)28(36)33-20-8-11-24-19(14-20)15-32-34-24/h2-12,14-16,21H,13H2,1H3,(H-,32,33,34,36)/p+1. The minimum Gasteiger partial charge on any atom is -0.325 e. The fourth-order valence-electron chi connectivity index (χ4n) is 4.29. The molecule has 5 aromatic rings. The lowest BCUT2D eigenvalue weighted by atomic mass is 9.93. The molecular weight excluding hydrogens is 498 g/mol. The first-order chi connectivity index (χ1) is 17.9. The van der Waals surface area contributed by atoms with Gasteiger partial charge in [-0.1, -0.05) is 41.9 Å². The van der Waals surface area contributed by atoms with Gasteiger partial charge in [0.2, 0.25) is 17.8 Å². The van der Waals surface area contributed by atoms with E-state index < -0.39 is 17.6 Å². The summed E-state index contributed by atoms with van der Waals surface area (Å²) < 4.78 is 30.6. The highest BCUT2D eigenvalue weighted by molar-refractivity contribution is 6.31. The summed E-state index contributed by atoms with van der Waals surface area (Å²) in [6, 6.07) is 20.5. The van der Waals surface area contributed by atoms with Crippen molar-refractivity contribution < 1.29 is 23.1 Å². The number of nitrogens with one attached hydrogen (secondary N) is 2. The number of halogens is 3. The van der Waals surface area contributed by atoms with Crippen LogP contribution in [0.1, 0.15) is 17.2 Å². The van der Waals surface area contributed by atoms with E-state index in [1.807, 2.05) is 42.5 Å². The Balaban J connectivity index is 1.54. The highest BCUT2D eigenvalue weighted by Crippen LogP contribution is 2.31. The van der Waals surface area contributed by atoms with Crippen molar-refractivity contribution in [2.24, 2.45) is 0 Å². The van der Waals surface area contributed by atoms with Gasteiger partial charge in [-0.05, 0) is 48.4 Å². The van der Waals surface area contributed by atoms with Crippen molar-refractivity contribution >= 4 is 34.1 Å². The minimum absolute atomic E-state index is 0.194. The molecule has 0 aliphatic carbocycles. The number of rotatable bonds is 7. The zero-order chi connectivity index (χ0) is 25.9. The summed E-state index contributed by atoms with van der Waals surface area (Å²) in [6.45, 7) is 0. The minimum atomic E-state index is -0.870. The number of anilines is 1. The molecule has 1 atom stereocenters. The van der Waals surface area contributed by atoms with E-state index in [4.69, 9.17) is 16.4 Å². The van der Waals surface area contributed by atoms with Gasteiger partial charge in [-0.25, -0.2) is 8.78 Å². The summed E-state index contributed by atoms with van der Waals surface area (Å²) in [6.07, 6.45) is 3.48. The van der Waals surface area contributed by atoms with Crippen molar-refractivity contribution in [3.05, 3.63) is 113 Å². The number of carbonyl (C=O) groups is 1. The van der Waals surface area contributed by atoms with Gasteiger partial charge in [-0.15, -0.1) is 0 Å². The van der Waals surface area contributed by atoms with Gasteiger partial charge in [-0.3, -0.25) is 14.7 Å². The SMILES string of the molecule is CO[n+]1cc(-c2c(F)ccc(Cl)c2F)ccc1C(Cc1ccccc1)C(=O)Nc1ccc2[nH]ncc2c1. The Morgan fingerprint density at radius 2 is 1.92 bits per heavy atom. The third-order valence-electron chi connectivity index (χ3n) is 6.14. The van der Waals surface area contributed by atoms with Crippen LogP contribution in [0, 0.1) is 11.6 Å². The van der Waals surface area contributed by atoms with Crippen LogP contribution in [0.2, 0.25) is 5.02 Å². The second-order valence-electron chi connectivity index (χ2n) is 8.47. The number of nitrogens with zero attached hydrogens (tertiary/aromatic N) is 2. The summed E-state index contributed by atoms with van der Waals surface area (Å²) in [5.41, 5.74) is 2.84. The number of aromatic amines is 1. The number of fused-ring (bicyclic) bond motifs is 1. The molecule has 0 aliphatic rings. The second kappa shape index (κ2) is 10.4. The zero-order valence-electron chi connectivity index (χ0n) is 19.7. The highest BCUT2D eigenvalue weighted by atomic mass is 35.5. The van der Waals surface area contributed by atoms with Crippen LogP contribution in [0.4, 0.5) is 14.5 Å².